The van der Waals surface area contributed by atoms with Crippen LogP contribution in [0.4, 0.5) is 14.6 Å². The number of guanidine groups is 1. The summed E-state index contributed by atoms with van der Waals surface area (Å²) in [7, 11) is 0. The fraction of sp³-hybridized carbons (Fsp3) is 0.429. The van der Waals surface area contributed by atoms with Crippen molar-refractivity contribution >= 4 is 35.8 Å². The zero-order valence-electron chi connectivity index (χ0n) is 16.6. The SMILES string of the molecule is CCNC(=NCc1ccnc(N2CCCCC2)c1)NCc1cc(F)ccc1F.I. The highest BCUT2D eigenvalue weighted by atomic mass is 127. The third-order valence-electron chi connectivity index (χ3n) is 4.71. The monoisotopic (exact) mass is 515 g/mol. The van der Waals surface area contributed by atoms with Gasteiger partial charge in [-0.25, -0.2) is 18.8 Å². The zero-order chi connectivity index (χ0) is 19.8. The number of nitrogens with zero attached hydrogens (tertiary/aromatic N) is 3. The highest BCUT2D eigenvalue weighted by Crippen LogP contribution is 2.18. The van der Waals surface area contributed by atoms with Crippen LogP contribution >= 0.6 is 24.0 Å². The highest BCUT2D eigenvalue weighted by Gasteiger charge is 2.12. The molecule has 1 aliphatic heterocycles. The lowest BCUT2D eigenvalue weighted by molar-refractivity contribution is 0.573. The number of anilines is 1. The molecule has 2 aromatic rings. The van der Waals surface area contributed by atoms with Crippen LogP contribution in [0.3, 0.4) is 0 Å². The van der Waals surface area contributed by atoms with E-state index in [-0.39, 0.29) is 36.1 Å². The van der Waals surface area contributed by atoms with Crippen molar-refractivity contribution < 1.29 is 8.78 Å². The molecule has 0 aliphatic carbocycles. The predicted molar refractivity (Wildman–Crippen MR) is 124 cm³/mol. The first kappa shape index (κ1) is 23.3. The predicted octanol–water partition coefficient (Wildman–Crippen LogP) is 4.22. The van der Waals surface area contributed by atoms with Gasteiger partial charge < -0.3 is 15.5 Å². The van der Waals surface area contributed by atoms with Gasteiger partial charge in [0.15, 0.2) is 5.96 Å². The molecule has 2 N–H and O–H groups in total. The van der Waals surface area contributed by atoms with Crippen LogP contribution in [-0.4, -0.2) is 30.6 Å². The summed E-state index contributed by atoms with van der Waals surface area (Å²) in [6, 6.07) is 7.47. The van der Waals surface area contributed by atoms with Crippen molar-refractivity contribution in [2.24, 2.45) is 4.99 Å². The molecule has 0 spiro atoms. The second-order valence-electron chi connectivity index (χ2n) is 6.85. The minimum absolute atomic E-state index is 0. The first-order valence-corrected chi connectivity index (χ1v) is 9.81. The van der Waals surface area contributed by atoms with Crippen molar-refractivity contribution in [1.82, 2.24) is 15.6 Å². The quantitative estimate of drug-likeness (QED) is 0.344. The standard InChI is InChI=1S/C21H27F2N5.HI/c1-2-24-21(27-15-17-13-18(22)6-7-19(17)23)26-14-16-8-9-25-20(12-16)28-10-4-3-5-11-28;/h6-9,12-13H,2-5,10-11,14-15H2,1H3,(H2,24,26,27);1H. The Kier molecular flexibility index (Phi) is 9.56. The Morgan fingerprint density at radius 3 is 2.66 bits per heavy atom. The molecule has 3 rings (SSSR count). The second-order valence-corrected chi connectivity index (χ2v) is 6.85. The van der Waals surface area contributed by atoms with E-state index in [1.54, 1.807) is 0 Å². The van der Waals surface area contributed by atoms with Crippen molar-refractivity contribution in [3.8, 4) is 0 Å². The van der Waals surface area contributed by atoms with Crippen LogP contribution < -0.4 is 15.5 Å². The van der Waals surface area contributed by atoms with E-state index in [1.165, 1.54) is 25.3 Å². The average molecular weight is 515 g/mol. The average Bonchev–Trinajstić information content (AvgIpc) is 2.73. The number of pyridine rings is 1. The normalized spacial score (nSPS) is 14.3. The number of aromatic nitrogens is 1. The lowest BCUT2D eigenvalue weighted by Gasteiger charge is -2.27. The van der Waals surface area contributed by atoms with E-state index < -0.39 is 11.6 Å². The van der Waals surface area contributed by atoms with E-state index in [0.29, 0.717) is 19.0 Å². The van der Waals surface area contributed by atoms with Crippen molar-refractivity contribution in [1.29, 1.82) is 0 Å². The van der Waals surface area contributed by atoms with Gasteiger partial charge in [-0.1, -0.05) is 0 Å². The summed E-state index contributed by atoms with van der Waals surface area (Å²) in [5.41, 5.74) is 1.33. The van der Waals surface area contributed by atoms with E-state index in [0.717, 1.165) is 36.6 Å². The van der Waals surface area contributed by atoms with Gasteiger partial charge in [-0.2, -0.15) is 0 Å². The van der Waals surface area contributed by atoms with E-state index in [1.807, 2.05) is 19.2 Å². The number of piperidine rings is 1. The molecule has 1 aromatic heterocycles. The maximum atomic E-state index is 13.8. The molecule has 1 aliphatic rings. The third kappa shape index (κ3) is 7.09. The molecule has 0 bridgehead atoms. The van der Waals surface area contributed by atoms with Crippen LogP contribution in [0.5, 0.6) is 0 Å². The number of nitrogens with one attached hydrogen (secondary N) is 2. The Bertz CT molecular complexity index is 809. The second kappa shape index (κ2) is 11.9. The molecule has 0 atom stereocenters. The van der Waals surface area contributed by atoms with Gasteiger partial charge in [-0.15, -0.1) is 24.0 Å². The van der Waals surface area contributed by atoms with Crippen molar-refractivity contribution in [3.05, 3.63) is 59.3 Å². The van der Waals surface area contributed by atoms with E-state index in [9.17, 15) is 8.78 Å². The minimum atomic E-state index is -0.456. The molecule has 1 saturated heterocycles. The van der Waals surface area contributed by atoms with Crippen molar-refractivity contribution in [3.63, 3.8) is 0 Å². The van der Waals surface area contributed by atoms with Crippen LogP contribution in [0.2, 0.25) is 0 Å². The number of rotatable bonds is 6. The summed E-state index contributed by atoms with van der Waals surface area (Å²) in [4.78, 5) is 11.4. The molecule has 0 amide bonds. The molecule has 8 heteroatoms. The molecule has 2 heterocycles. The largest absolute Gasteiger partial charge is 0.357 e. The Labute approximate surface area is 188 Å². The number of aliphatic imine (C=N–C) groups is 1. The van der Waals surface area contributed by atoms with Gasteiger partial charge in [0.05, 0.1) is 6.54 Å². The van der Waals surface area contributed by atoms with Gasteiger partial charge in [0.2, 0.25) is 0 Å². The van der Waals surface area contributed by atoms with Crippen LogP contribution in [0.1, 0.15) is 37.3 Å². The first-order valence-electron chi connectivity index (χ1n) is 9.81. The molecule has 0 radical (unpaired) electrons. The number of hydrogen-bond donors (Lipinski definition) is 2. The topological polar surface area (TPSA) is 52.6 Å². The van der Waals surface area contributed by atoms with Crippen LogP contribution in [0.15, 0.2) is 41.5 Å². The maximum absolute atomic E-state index is 13.8. The summed E-state index contributed by atoms with van der Waals surface area (Å²) in [5, 5.41) is 6.19. The number of hydrogen-bond acceptors (Lipinski definition) is 3. The summed E-state index contributed by atoms with van der Waals surface area (Å²) in [6.45, 7) is 5.36. The fourth-order valence-electron chi connectivity index (χ4n) is 3.22. The van der Waals surface area contributed by atoms with Gasteiger partial charge in [0, 0.05) is 37.9 Å². The van der Waals surface area contributed by atoms with Gasteiger partial charge in [-0.05, 0) is 62.1 Å². The van der Waals surface area contributed by atoms with Gasteiger partial charge in [-0.3, -0.25) is 0 Å². The molecule has 158 valence electrons. The lowest BCUT2D eigenvalue weighted by Crippen LogP contribution is -2.37. The van der Waals surface area contributed by atoms with Crippen molar-refractivity contribution in [2.45, 2.75) is 39.3 Å². The van der Waals surface area contributed by atoms with Crippen LogP contribution in [0.25, 0.3) is 0 Å². The van der Waals surface area contributed by atoms with Gasteiger partial charge in [0.1, 0.15) is 17.5 Å². The molecule has 29 heavy (non-hydrogen) atoms. The highest BCUT2D eigenvalue weighted by molar-refractivity contribution is 14.0. The molecule has 0 unspecified atom stereocenters. The summed E-state index contributed by atoms with van der Waals surface area (Å²) in [5.74, 6) is 0.655. The number of halogens is 3. The summed E-state index contributed by atoms with van der Waals surface area (Å²) < 4.78 is 27.1. The summed E-state index contributed by atoms with van der Waals surface area (Å²) in [6.07, 6.45) is 5.51. The Morgan fingerprint density at radius 2 is 1.90 bits per heavy atom. The third-order valence-corrected chi connectivity index (χ3v) is 4.71. The van der Waals surface area contributed by atoms with Crippen molar-refractivity contribution in [2.75, 3.05) is 24.5 Å². The molecule has 0 saturated carbocycles. The Morgan fingerprint density at radius 1 is 1.10 bits per heavy atom. The maximum Gasteiger partial charge on any atom is 0.191 e. The van der Waals surface area contributed by atoms with Crippen LogP contribution in [-0.2, 0) is 13.1 Å². The summed E-state index contributed by atoms with van der Waals surface area (Å²) >= 11 is 0. The smallest absolute Gasteiger partial charge is 0.191 e. The molecular weight excluding hydrogens is 487 g/mol. The van der Waals surface area contributed by atoms with E-state index >= 15 is 0 Å². The van der Waals surface area contributed by atoms with Gasteiger partial charge >= 0.3 is 0 Å². The van der Waals surface area contributed by atoms with E-state index in [4.69, 9.17) is 0 Å². The van der Waals surface area contributed by atoms with E-state index in [2.05, 4.69) is 31.6 Å². The fourth-order valence-corrected chi connectivity index (χ4v) is 3.22. The molecular formula is C21H28F2IN5. The molecule has 5 nitrogen and oxygen atoms in total. The van der Waals surface area contributed by atoms with Gasteiger partial charge in [0.25, 0.3) is 0 Å². The minimum Gasteiger partial charge on any atom is -0.357 e. The molecule has 1 aromatic carbocycles. The molecule has 1 fully saturated rings. The first-order chi connectivity index (χ1) is 13.7. The van der Waals surface area contributed by atoms with Crippen LogP contribution in [0, 0.1) is 11.6 Å². The lowest BCUT2D eigenvalue weighted by atomic mass is 10.1. The Balaban J connectivity index is 0.00000300. The Hall–Kier alpha value is -1.97. The number of benzene rings is 1. The zero-order valence-corrected chi connectivity index (χ0v) is 19.0.